The van der Waals surface area contributed by atoms with Crippen LogP contribution in [0.5, 0.6) is 17.2 Å². The number of quaternary nitrogens is 1. The van der Waals surface area contributed by atoms with Crippen LogP contribution in [0.15, 0.2) is 42.5 Å². The summed E-state index contributed by atoms with van der Waals surface area (Å²) in [6.45, 7) is 3.00. The number of carbonyl (C=O) groups is 1. The van der Waals surface area contributed by atoms with E-state index in [9.17, 15) is 4.79 Å². The van der Waals surface area contributed by atoms with Gasteiger partial charge < -0.3 is 24.4 Å². The van der Waals surface area contributed by atoms with Crippen molar-refractivity contribution in [2.45, 2.75) is 25.8 Å². The van der Waals surface area contributed by atoms with Gasteiger partial charge in [0.1, 0.15) is 5.75 Å². The molecule has 0 aliphatic carbocycles. The first-order valence-corrected chi connectivity index (χ1v) is 10.6. The van der Waals surface area contributed by atoms with E-state index < -0.39 is 0 Å². The van der Waals surface area contributed by atoms with Gasteiger partial charge in [-0.2, -0.15) is 0 Å². The number of nitrogens with one attached hydrogen (secondary N) is 2. The second kappa shape index (κ2) is 10.9. The minimum absolute atomic E-state index is 0.0587. The summed E-state index contributed by atoms with van der Waals surface area (Å²) in [4.78, 5) is 13.9. The lowest BCUT2D eigenvalue weighted by Gasteiger charge is -2.29. The monoisotopic (exact) mass is 413 g/mol. The van der Waals surface area contributed by atoms with Crippen molar-refractivity contribution in [2.75, 3.05) is 41.0 Å². The third-order valence-corrected chi connectivity index (χ3v) is 5.85. The number of hydrogen-bond acceptors (Lipinski definition) is 4. The lowest BCUT2D eigenvalue weighted by molar-refractivity contribution is -0.898. The Morgan fingerprint density at radius 1 is 0.967 bits per heavy atom. The fraction of sp³-hybridized carbons (Fsp3) is 0.458. The number of rotatable bonds is 9. The van der Waals surface area contributed by atoms with Gasteiger partial charge in [-0.25, -0.2) is 0 Å². The molecule has 6 heteroatoms. The van der Waals surface area contributed by atoms with E-state index in [0.29, 0.717) is 30.3 Å². The third kappa shape index (κ3) is 5.89. The van der Waals surface area contributed by atoms with E-state index in [-0.39, 0.29) is 5.91 Å². The fourth-order valence-electron chi connectivity index (χ4n) is 4.13. The predicted octanol–water partition coefficient (Wildman–Crippen LogP) is 1.87. The highest BCUT2D eigenvalue weighted by atomic mass is 16.5. The maximum absolute atomic E-state index is 12.5. The van der Waals surface area contributed by atoms with Crippen LogP contribution < -0.4 is 24.4 Å². The molecule has 0 atom stereocenters. The molecule has 2 aromatic carbocycles. The van der Waals surface area contributed by atoms with Gasteiger partial charge in [0.05, 0.1) is 34.4 Å². The molecule has 0 unspecified atom stereocenters. The maximum Gasteiger partial charge on any atom is 0.275 e. The molecule has 0 radical (unpaired) electrons. The second-order valence-corrected chi connectivity index (χ2v) is 7.86. The van der Waals surface area contributed by atoms with Gasteiger partial charge >= 0.3 is 0 Å². The molecular formula is C24H33N2O4+. The molecule has 2 aromatic rings. The van der Waals surface area contributed by atoms with Crippen molar-refractivity contribution in [1.29, 1.82) is 0 Å². The van der Waals surface area contributed by atoms with Crippen LogP contribution in [-0.4, -0.2) is 46.9 Å². The maximum atomic E-state index is 12.5. The van der Waals surface area contributed by atoms with Crippen LogP contribution in [0.4, 0.5) is 0 Å². The van der Waals surface area contributed by atoms with E-state index in [2.05, 4.69) is 35.6 Å². The Labute approximate surface area is 179 Å². The van der Waals surface area contributed by atoms with Gasteiger partial charge in [-0.15, -0.1) is 0 Å². The van der Waals surface area contributed by atoms with E-state index in [1.807, 2.05) is 6.07 Å². The predicted molar refractivity (Wildman–Crippen MR) is 116 cm³/mol. The van der Waals surface area contributed by atoms with Gasteiger partial charge in [0, 0.05) is 18.2 Å². The quantitative estimate of drug-likeness (QED) is 0.659. The molecule has 0 spiro atoms. The average Bonchev–Trinajstić information content (AvgIpc) is 2.79. The molecule has 1 saturated heterocycles. The van der Waals surface area contributed by atoms with Crippen molar-refractivity contribution in [3.63, 3.8) is 0 Å². The van der Waals surface area contributed by atoms with Gasteiger partial charge in [-0.05, 0) is 36.8 Å². The summed E-state index contributed by atoms with van der Waals surface area (Å²) in [6, 6.07) is 14.3. The van der Waals surface area contributed by atoms with E-state index in [1.54, 1.807) is 27.4 Å². The Morgan fingerprint density at radius 3 is 2.23 bits per heavy atom. The van der Waals surface area contributed by atoms with E-state index >= 15 is 0 Å². The molecule has 1 aliphatic rings. The van der Waals surface area contributed by atoms with Crippen molar-refractivity contribution in [3.8, 4) is 17.2 Å². The molecule has 1 amide bonds. The lowest BCUT2D eigenvalue weighted by atomic mass is 9.90. The number of ether oxygens (including phenoxy) is 3. The summed E-state index contributed by atoms with van der Waals surface area (Å²) in [5.74, 6) is 2.67. The molecule has 1 aliphatic heterocycles. The molecular weight excluding hydrogens is 380 g/mol. The van der Waals surface area contributed by atoms with Crippen molar-refractivity contribution in [1.82, 2.24) is 5.32 Å². The van der Waals surface area contributed by atoms with Crippen molar-refractivity contribution in [2.24, 2.45) is 5.92 Å². The van der Waals surface area contributed by atoms with Crippen LogP contribution >= 0.6 is 0 Å². The zero-order valence-corrected chi connectivity index (χ0v) is 18.2. The largest absolute Gasteiger partial charge is 0.496 e. The zero-order chi connectivity index (χ0) is 21.3. The van der Waals surface area contributed by atoms with Crippen LogP contribution in [0.1, 0.15) is 24.0 Å². The minimum Gasteiger partial charge on any atom is -0.496 e. The highest BCUT2D eigenvalue weighted by Crippen LogP contribution is 2.34. The van der Waals surface area contributed by atoms with E-state index in [0.717, 1.165) is 31.0 Å². The highest BCUT2D eigenvalue weighted by Gasteiger charge is 2.24. The molecule has 162 valence electrons. The molecule has 0 aromatic heterocycles. The van der Waals surface area contributed by atoms with Crippen molar-refractivity contribution in [3.05, 3.63) is 53.6 Å². The van der Waals surface area contributed by atoms with E-state index in [1.165, 1.54) is 23.3 Å². The second-order valence-electron chi connectivity index (χ2n) is 7.86. The first kappa shape index (κ1) is 22.0. The Balaban J connectivity index is 1.46. The summed E-state index contributed by atoms with van der Waals surface area (Å²) >= 11 is 0. The van der Waals surface area contributed by atoms with Crippen LogP contribution in [0.2, 0.25) is 0 Å². The van der Waals surface area contributed by atoms with Crippen LogP contribution in [0, 0.1) is 5.92 Å². The first-order chi connectivity index (χ1) is 14.6. The Hall–Kier alpha value is -2.73. The molecule has 3 rings (SSSR count). The summed E-state index contributed by atoms with van der Waals surface area (Å²) in [6.07, 6.45) is 3.47. The Kier molecular flexibility index (Phi) is 7.97. The lowest BCUT2D eigenvalue weighted by Crippen LogP contribution is -3.14. The number of piperidine rings is 1. The smallest absolute Gasteiger partial charge is 0.275 e. The Bertz CT molecular complexity index is 817. The van der Waals surface area contributed by atoms with Gasteiger partial charge in [0.2, 0.25) is 0 Å². The number of likely N-dealkylation sites (tertiary alicyclic amines) is 1. The standard InChI is InChI=1S/C24H32N2O4/c1-28-21-15-23(30-3)22(29-2)14-20(21)16-25-24(27)17-26-11-9-19(10-12-26)13-18-7-5-4-6-8-18/h4-8,14-15,19H,9-13,16-17H2,1-3H3,(H,25,27)/p+1. The third-order valence-electron chi connectivity index (χ3n) is 5.85. The van der Waals surface area contributed by atoms with Crippen LogP contribution in [0.25, 0.3) is 0 Å². The molecule has 2 N–H and O–H groups in total. The molecule has 1 heterocycles. The Morgan fingerprint density at radius 2 is 1.60 bits per heavy atom. The summed E-state index contributed by atoms with van der Waals surface area (Å²) in [5, 5.41) is 3.02. The van der Waals surface area contributed by atoms with Crippen LogP contribution in [0.3, 0.4) is 0 Å². The summed E-state index contributed by atoms with van der Waals surface area (Å²) in [7, 11) is 4.79. The summed E-state index contributed by atoms with van der Waals surface area (Å²) < 4.78 is 16.1. The summed E-state index contributed by atoms with van der Waals surface area (Å²) in [5.41, 5.74) is 2.27. The topological polar surface area (TPSA) is 61.2 Å². The fourth-order valence-corrected chi connectivity index (χ4v) is 4.13. The SMILES string of the molecule is COc1cc(OC)c(OC)cc1CNC(=O)C[NH+]1CCC(Cc2ccccc2)CC1. The zero-order valence-electron chi connectivity index (χ0n) is 18.2. The van der Waals surface area contributed by atoms with Gasteiger partial charge in [-0.1, -0.05) is 30.3 Å². The minimum atomic E-state index is 0.0587. The van der Waals surface area contributed by atoms with Gasteiger partial charge in [0.25, 0.3) is 5.91 Å². The van der Waals surface area contributed by atoms with Gasteiger partial charge in [0.15, 0.2) is 18.0 Å². The normalized spacial score (nSPS) is 18.5. The van der Waals surface area contributed by atoms with Gasteiger partial charge in [-0.3, -0.25) is 4.79 Å². The molecule has 1 fully saturated rings. The van der Waals surface area contributed by atoms with E-state index in [4.69, 9.17) is 14.2 Å². The van der Waals surface area contributed by atoms with Crippen molar-refractivity contribution >= 4 is 5.91 Å². The van der Waals surface area contributed by atoms with Crippen molar-refractivity contribution < 1.29 is 23.9 Å². The first-order valence-electron chi connectivity index (χ1n) is 10.6. The number of amides is 1. The molecule has 0 saturated carbocycles. The molecule has 6 nitrogen and oxygen atoms in total. The number of benzene rings is 2. The average molecular weight is 414 g/mol. The number of carbonyl (C=O) groups excluding carboxylic acids is 1. The molecule has 0 bridgehead atoms. The molecule has 30 heavy (non-hydrogen) atoms. The number of hydrogen-bond donors (Lipinski definition) is 2. The number of methoxy groups -OCH3 is 3. The van der Waals surface area contributed by atoms with Crippen LogP contribution in [-0.2, 0) is 17.8 Å². The highest BCUT2D eigenvalue weighted by molar-refractivity contribution is 5.77.